The minimum atomic E-state index is -0.380. The molecule has 3 rings (SSSR count). The number of nitrogens with zero attached hydrogens (tertiary/aromatic N) is 1. The summed E-state index contributed by atoms with van der Waals surface area (Å²) in [7, 11) is 1.35. The summed E-state index contributed by atoms with van der Waals surface area (Å²) in [6.45, 7) is 5.93. The number of carbonyl (C=O) groups is 2. The van der Waals surface area contributed by atoms with Gasteiger partial charge in [0.2, 0.25) is 5.91 Å². The Morgan fingerprint density at radius 2 is 1.66 bits per heavy atom. The molecular weight excluding hydrogens is 370 g/mol. The summed E-state index contributed by atoms with van der Waals surface area (Å²) in [5.74, 6) is 1.76. The van der Waals surface area contributed by atoms with Crippen LogP contribution >= 0.6 is 0 Å². The summed E-state index contributed by atoms with van der Waals surface area (Å²) in [6.07, 6.45) is 0.450. The number of rotatable bonds is 8. The van der Waals surface area contributed by atoms with Crippen LogP contribution in [0.4, 0.5) is 5.69 Å². The molecular formula is C23H27NO5. The molecule has 1 fully saturated rings. The smallest absolute Gasteiger partial charge is 0.337 e. The summed E-state index contributed by atoms with van der Waals surface area (Å²) < 4.78 is 16.2. The quantitative estimate of drug-likeness (QED) is 0.631. The number of anilines is 1. The van der Waals surface area contributed by atoms with Crippen LogP contribution in [0.25, 0.3) is 0 Å². The van der Waals surface area contributed by atoms with Crippen LogP contribution in [-0.2, 0) is 9.53 Å². The van der Waals surface area contributed by atoms with Gasteiger partial charge in [0.25, 0.3) is 0 Å². The van der Waals surface area contributed by atoms with Crippen LogP contribution in [0.3, 0.4) is 0 Å². The van der Waals surface area contributed by atoms with E-state index < -0.39 is 0 Å². The van der Waals surface area contributed by atoms with Gasteiger partial charge in [-0.3, -0.25) is 4.79 Å². The zero-order valence-corrected chi connectivity index (χ0v) is 17.1. The molecule has 0 radical (unpaired) electrons. The third-order valence-electron chi connectivity index (χ3n) is 4.70. The maximum absolute atomic E-state index is 12.4. The molecule has 1 unspecified atom stereocenters. The highest BCUT2D eigenvalue weighted by Gasteiger charge is 2.31. The molecule has 1 saturated heterocycles. The summed E-state index contributed by atoms with van der Waals surface area (Å²) in [4.78, 5) is 25.7. The average Bonchev–Trinajstić information content (AvgIpc) is 3.11. The Morgan fingerprint density at radius 1 is 1.03 bits per heavy atom. The maximum Gasteiger partial charge on any atom is 0.337 e. The number of carbonyl (C=O) groups excluding carboxylic acids is 2. The number of amides is 1. The second-order valence-corrected chi connectivity index (χ2v) is 7.60. The molecule has 6 heteroatoms. The van der Waals surface area contributed by atoms with E-state index in [0.29, 0.717) is 43.4 Å². The van der Waals surface area contributed by atoms with Crippen LogP contribution in [0.1, 0.15) is 30.6 Å². The summed E-state index contributed by atoms with van der Waals surface area (Å²) in [5, 5.41) is 0. The Morgan fingerprint density at radius 3 is 2.28 bits per heavy atom. The minimum Gasteiger partial charge on any atom is -0.493 e. The summed E-state index contributed by atoms with van der Waals surface area (Å²) in [6, 6.07) is 14.4. The second kappa shape index (κ2) is 9.45. The largest absolute Gasteiger partial charge is 0.493 e. The van der Waals surface area contributed by atoms with E-state index in [2.05, 4.69) is 18.6 Å². The van der Waals surface area contributed by atoms with Gasteiger partial charge in [-0.15, -0.1) is 0 Å². The van der Waals surface area contributed by atoms with Gasteiger partial charge in [-0.2, -0.15) is 0 Å². The van der Waals surface area contributed by atoms with Crippen molar-refractivity contribution in [3.05, 3.63) is 54.1 Å². The van der Waals surface area contributed by atoms with E-state index in [1.54, 1.807) is 29.2 Å². The Labute approximate surface area is 171 Å². The third-order valence-corrected chi connectivity index (χ3v) is 4.70. The highest BCUT2D eigenvalue weighted by atomic mass is 16.5. The number of ether oxygens (including phenoxy) is 3. The minimum absolute atomic E-state index is 0.0930. The first-order valence-electron chi connectivity index (χ1n) is 9.80. The number of hydrogen-bond acceptors (Lipinski definition) is 5. The van der Waals surface area contributed by atoms with Crippen molar-refractivity contribution in [2.24, 2.45) is 11.8 Å². The van der Waals surface area contributed by atoms with E-state index in [1.807, 2.05) is 24.3 Å². The van der Waals surface area contributed by atoms with E-state index in [-0.39, 0.29) is 17.8 Å². The molecule has 1 atom stereocenters. The Balaban J connectivity index is 1.53. The topological polar surface area (TPSA) is 65.1 Å². The zero-order chi connectivity index (χ0) is 20.8. The van der Waals surface area contributed by atoms with Crippen molar-refractivity contribution in [2.75, 3.05) is 31.8 Å². The maximum atomic E-state index is 12.4. The molecule has 0 saturated carbocycles. The van der Waals surface area contributed by atoms with E-state index in [0.717, 1.165) is 11.4 Å². The van der Waals surface area contributed by atoms with Gasteiger partial charge in [0.15, 0.2) is 0 Å². The van der Waals surface area contributed by atoms with Gasteiger partial charge in [0.1, 0.15) is 11.5 Å². The third kappa shape index (κ3) is 5.50. The lowest BCUT2D eigenvalue weighted by Gasteiger charge is -2.18. The van der Waals surface area contributed by atoms with Crippen molar-refractivity contribution in [2.45, 2.75) is 20.3 Å². The number of esters is 1. The predicted molar refractivity (Wildman–Crippen MR) is 111 cm³/mol. The highest BCUT2D eigenvalue weighted by Crippen LogP contribution is 2.27. The number of benzene rings is 2. The molecule has 2 aromatic carbocycles. The van der Waals surface area contributed by atoms with Gasteiger partial charge >= 0.3 is 5.97 Å². The van der Waals surface area contributed by atoms with Crippen molar-refractivity contribution in [3.63, 3.8) is 0 Å². The van der Waals surface area contributed by atoms with Gasteiger partial charge in [0.05, 0.1) is 25.9 Å². The highest BCUT2D eigenvalue weighted by molar-refractivity contribution is 5.95. The first-order valence-corrected chi connectivity index (χ1v) is 9.80. The van der Waals surface area contributed by atoms with E-state index in [9.17, 15) is 9.59 Å². The first kappa shape index (κ1) is 20.7. The molecule has 0 aliphatic carbocycles. The average molecular weight is 397 g/mol. The van der Waals surface area contributed by atoms with E-state index >= 15 is 0 Å². The van der Waals surface area contributed by atoms with Crippen molar-refractivity contribution < 1.29 is 23.8 Å². The standard InChI is InChI=1S/C23H27NO5/c1-16(2)14-28-21-10-6-19(7-11-21)24-13-17(12-22(24)25)15-29-20-8-4-18(5-9-20)23(26)27-3/h4-11,16-17H,12-15H2,1-3H3. The van der Waals surface area contributed by atoms with Crippen molar-refractivity contribution in [1.82, 2.24) is 0 Å². The van der Waals surface area contributed by atoms with Crippen LogP contribution in [0.2, 0.25) is 0 Å². The zero-order valence-electron chi connectivity index (χ0n) is 17.1. The fourth-order valence-electron chi connectivity index (χ4n) is 3.15. The van der Waals surface area contributed by atoms with Gasteiger partial charge in [-0.1, -0.05) is 13.8 Å². The number of methoxy groups -OCH3 is 1. The van der Waals surface area contributed by atoms with Crippen molar-refractivity contribution >= 4 is 17.6 Å². The molecule has 1 aliphatic heterocycles. The fourth-order valence-corrected chi connectivity index (χ4v) is 3.15. The molecule has 2 aromatic rings. The van der Waals surface area contributed by atoms with Gasteiger partial charge in [-0.25, -0.2) is 4.79 Å². The lowest BCUT2D eigenvalue weighted by atomic mass is 10.1. The van der Waals surface area contributed by atoms with Crippen LogP contribution in [-0.4, -0.2) is 38.7 Å². The van der Waals surface area contributed by atoms with Crippen LogP contribution < -0.4 is 14.4 Å². The Hall–Kier alpha value is -3.02. The normalized spacial score (nSPS) is 16.2. The second-order valence-electron chi connectivity index (χ2n) is 7.60. The Kier molecular flexibility index (Phi) is 6.75. The molecule has 6 nitrogen and oxygen atoms in total. The Bertz CT molecular complexity index is 829. The lowest BCUT2D eigenvalue weighted by molar-refractivity contribution is -0.117. The van der Waals surface area contributed by atoms with Crippen LogP contribution in [0.15, 0.2) is 48.5 Å². The van der Waals surface area contributed by atoms with Crippen LogP contribution in [0, 0.1) is 11.8 Å². The van der Waals surface area contributed by atoms with Gasteiger partial charge in [0, 0.05) is 24.6 Å². The first-order chi connectivity index (χ1) is 14.0. The van der Waals surface area contributed by atoms with Gasteiger partial charge < -0.3 is 19.1 Å². The summed E-state index contributed by atoms with van der Waals surface area (Å²) >= 11 is 0. The molecule has 0 spiro atoms. The van der Waals surface area contributed by atoms with E-state index in [4.69, 9.17) is 9.47 Å². The van der Waals surface area contributed by atoms with Crippen molar-refractivity contribution in [1.29, 1.82) is 0 Å². The van der Waals surface area contributed by atoms with E-state index in [1.165, 1.54) is 7.11 Å². The SMILES string of the molecule is COC(=O)c1ccc(OCC2CC(=O)N(c3ccc(OCC(C)C)cc3)C2)cc1. The molecule has 29 heavy (non-hydrogen) atoms. The fraction of sp³-hybridized carbons (Fsp3) is 0.391. The summed E-state index contributed by atoms with van der Waals surface area (Å²) in [5.41, 5.74) is 1.35. The molecule has 154 valence electrons. The molecule has 0 bridgehead atoms. The monoisotopic (exact) mass is 397 g/mol. The lowest BCUT2D eigenvalue weighted by Crippen LogP contribution is -2.25. The molecule has 1 aliphatic rings. The molecule has 1 amide bonds. The molecule has 1 heterocycles. The van der Waals surface area contributed by atoms with Crippen molar-refractivity contribution in [3.8, 4) is 11.5 Å². The number of hydrogen-bond donors (Lipinski definition) is 0. The predicted octanol–water partition coefficient (Wildman–Crippen LogP) is 3.94. The molecule has 0 aromatic heterocycles. The molecule has 0 N–H and O–H groups in total. The van der Waals surface area contributed by atoms with Gasteiger partial charge in [-0.05, 0) is 54.4 Å². The van der Waals surface area contributed by atoms with Crippen LogP contribution in [0.5, 0.6) is 11.5 Å².